The van der Waals surface area contributed by atoms with Crippen LogP contribution in [0, 0.1) is 5.92 Å². The van der Waals surface area contributed by atoms with E-state index in [9.17, 15) is 4.79 Å². The summed E-state index contributed by atoms with van der Waals surface area (Å²) in [6.45, 7) is 3.89. The van der Waals surface area contributed by atoms with Gasteiger partial charge in [0.25, 0.3) is 5.91 Å². The summed E-state index contributed by atoms with van der Waals surface area (Å²) in [5.74, 6) is 1.12. The third-order valence-electron chi connectivity index (χ3n) is 4.57. The highest BCUT2D eigenvalue weighted by atomic mass is 16.5. The van der Waals surface area contributed by atoms with Gasteiger partial charge in [0.05, 0.1) is 12.6 Å². The fourth-order valence-electron chi connectivity index (χ4n) is 2.90. The number of aryl methyl sites for hydroxylation is 1. The fraction of sp³-hybridized carbons (Fsp3) is 0.750. The van der Waals surface area contributed by atoms with E-state index in [1.165, 1.54) is 25.7 Å². The highest BCUT2D eigenvalue weighted by molar-refractivity contribution is 5.93. The van der Waals surface area contributed by atoms with Crippen LogP contribution in [0.1, 0.15) is 48.9 Å². The summed E-state index contributed by atoms with van der Waals surface area (Å²) in [7, 11) is 0. The molecule has 1 amide bonds. The lowest BCUT2D eigenvalue weighted by atomic mass is 9.86. The van der Waals surface area contributed by atoms with Crippen LogP contribution in [-0.4, -0.2) is 42.9 Å². The fourth-order valence-corrected chi connectivity index (χ4v) is 2.90. The smallest absolute Gasteiger partial charge is 0.273 e. The number of ether oxygens (including phenoxy) is 2. The Bertz CT molecular complexity index is 498. The minimum atomic E-state index is -0.185. The van der Waals surface area contributed by atoms with Gasteiger partial charge in [-0.1, -0.05) is 13.3 Å². The maximum Gasteiger partial charge on any atom is 0.273 e. The van der Waals surface area contributed by atoms with Gasteiger partial charge in [0.2, 0.25) is 0 Å². The lowest BCUT2D eigenvalue weighted by Gasteiger charge is -2.34. The highest BCUT2D eigenvalue weighted by Gasteiger charge is 2.30. The maximum absolute atomic E-state index is 12.4. The van der Waals surface area contributed by atoms with Crippen molar-refractivity contribution in [3.8, 4) is 0 Å². The van der Waals surface area contributed by atoms with E-state index in [0.717, 1.165) is 13.0 Å². The Balaban J connectivity index is 1.57. The first-order valence-corrected chi connectivity index (χ1v) is 8.20. The van der Waals surface area contributed by atoms with E-state index < -0.39 is 0 Å². The van der Waals surface area contributed by atoms with E-state index in [-0.39, 0.29) is 18.1 Å². The van der Waals surface area contributed by atoms with Gasteiger partial charge in [-0.15, -0.1) is 0 Å². The van der Waals surface area contributed by atoms with Crippen molar-refractivity contribution in [2.24, 2.45) is 5.92 Å². The lowest BCUT2D eigenvalue weighted by molar-refractivity contribution is -0.0819. The largest absolute Gasteiger partial charge is 0.448 e. The molecule has 2 unspecified atom stereocenters. The zero-order chi connectivity index (χ0) is 15.4. The molecule has 22 heavy (non-hydrogen) atoms. The SMILES string of the molecule is CCc1ocnc1C(=O)NC1CCOCC1OCC1CCC1. The average molecular weight is 308 g/mol. The second-order valence-corrected chi connectivity index (χ2v) is 6.09. The first-order valence-electron chi connectivity index (χ1n) is 8.20. The Morgan fingerprint density at radius 2 is 2.32 bits per heavy atom. The number of hydrogen-bond acceptors (Lipinski definition) is 5. The molecule has 1 aliphatic carbocycles. The van der Waals surface area contributed by atoms with Gasteiger partial charge >= 0.3 is 0 Å². The van der Waals surface area contributed by atoms with Crippen LogP contribution in [0.3, 0.4) is 0 Å². The number of carbonyl (C=O) groups excluding carboxylic acids is 1. The van der Waals surface area contributed by atoms with Crippen molar-refractivity contribution in [2.75, 3.05) is 19.8 Å². The molecule has 2 fully saturated rings. The molecule has 6 heteroatoms. The average Bonchev–Trinajstić information content (AvgIpc) is 2.96. The summed E-state index contributed by atoms with van der Waals surface area (Å²) in [6.07, 6.45) is 6.48. The minimum absolute atomic E-state index is 0.0252. The normalized spacial score (nSPS) is 25.7. The zero-order valence-corrected chi connectivity index (χ0v) is 13.0. The van der Waals surface area contributed by atoms with Gasteiger partial charge in [-0.2, -0.15) is 0 Å². The van der Waals surface area contributed by atoms with Crippen molar-refractivity contribution in [3.63, 3.8) is 0 Å². The monoisotopic (exact) mass is 308 g/mol. The van der Waals surface area contributed by atoms with E-state index in [2.05, 4.69) is 10.3 Å². The molecule has 1 aromatic rings. The van der Waals surface area contributed by atoms with Crippen LogP contribution in [0.25, 0.3) is 0 Å². The quantitative estimate of drug-likeness (QED) is 0.869. The van der Waals surface area contributed by atoms with Crippen LogP contribution in [0.15, 0.2) is 10.8 Å². The van der Waals surface area contributed by atoms with Crippen molar-refractivity contribution in [1.29, 1.82) is 0 Å². The van der Waals surface area contributed by atoms with Crippen LogP contribution in [0.4, 0.5) is 0 Å². The van der Waals surface area contributed by atoms with Gasteiger partial charge < -0.3 is 19.2 Å². The number of carbonyl (C=O) groups is 1. The third kappa shape index (κ3) is 3.50. The third-order valence-corrected chi connectivity index (χ3v) is 4.57. The predicted octanol–water partition coefficient (Wildman–Crippen LogP) is 1.94. The van der Waals surface area contributed by atoms with Crippen molar-refractivity contribution >= 4 is 5.91 Å². The Morgan fingerprint density at radius 1 is 1.45 bits per heavy atom. The van der Waals surface area contributed by atoms with E-state index >= 15 is 0 Å². The number of oxazole rings is 1. The Labute approximate surface area is 130 Å². The van der Waals surface area contributed by atoms with Gasteiger partial charge in [0, 0.05) is 19.6 Å². The van der Waals surface area contributed by atoms with Crippen molar-refractivity contribution < 1.29 is 18.7 Å². The summed E-state index contributed by atoms with van der Waals surface area (Å²) in [5, 5.41) is 3.04. The van der Waals surface area contributed by atoms with E-state index in [1.807, 2.05) is 6.92 Å². The molecule has 6 nitrogen and oxygen atoms in total. The molecule has 2 heterocycles. The van der Waals surface area contributed by atoms with Gasteiger partial charge in [0.15, 0.2) is 12.1 Å². The molecule has 2 atom stereocenters. The first kappa shape index (κ1) is 15.5. The maximum atomic E-state index is 12.4. The second-order valence-electron chi connectivity index (χ2n) is 6.09. The molecule has 0 aromatic carbocycles. The number of aromatic nitrogens is 1. The van der Waals surface area contributed by atoms with Crippen molar-refractivity contribution in [1.82, 2.24) is 10.3 Å². The number of amides is 1. The number of rotatable bonds is 6. The Kier molecular flexibility index (Phi) is 5.10. The standard InChI is InChI=1S/C16H24N2O4/c1-2-13-15(17-10-22-13)16(19)18-12-6-7-20-9-14(12)21-8-11-4-3-5-11/h10-12,14H,2-9H2,1H3,(H,18,19). The number of nitrogens with one attached hydrogen (secondary N) is 1. The zero-order valence-electron chi connectivity index (χ0n) is 13.0. The molecule has 3 rings (SSSR count). The van der Waals surface area contributed by atoms with Crippen molar-refractivity contribution in [2.45, 2.75) is 51.2 Å². The molecular weight excluding hydrogens is 284 g/mol. The van der Waals surface area contributed by atoms with E-state index in [4.69, 9.17) is 13.9 Å². The molecule has 1 saturated carbocycles. The summed E-state index contributed by atoms with van der Waals surface area (Å²) in [4.78, 5) is 16.4. The van der Waals surface area contributed by atoms with Crippen molar-refractivity contribution in [3.05, 3.63) is 17.8 Å². The molecule has 122 valence electrons. The highest BCUT2D eigenvalue weighted by Crippen LogP contribution is 2.27. The van der Waals surface area contributed by atoms with Gasteiger partial charge in [-0.25, -0.2) is 4.98 Å². The molecule has 1 aliphatic heterocycles. The summed E-state index contributed by atoms with van der Waals surface area (Å²) < 4.78 is 16.7. The van der Waals surface area contributed by atoms with Gasteiger partial charge in [0.1, 0.15) is 11.9 Å². The van der Waals surface area contributed by atoms with Crippen LogP contribution < -0.4 is 5.32 Å². The molecule has 0 bridgehead atoms. The minimum Gasteiger partial charge on any atom is -0.448 e. The van der Waals surface area contributed by atoms with Crippen LogP contribution >= 0.6 is 0 Å². The second kappa shape index (κ2) is 7.24. The molecule has 0 radical (unpaired) electrons. The molecular formula is C16H24N2O4. The topological polar surface area (TPSA) is 73.6 Å². The number of hydrogen-bond donors (Lipinski definition) is 1. The van der Waals surface area contributed by atoms with E-state index in [0.29, 0.717) is 37.0 Å². The predicted molar refractivity (Wildman–Crippen MR) is 79.7 cm³/mol. The first-order chi connectivity index (χ1) is 10.8. The summed E-state index contributed by atoms with van der Waals surface area (Å²) >= 11 is 0. The Morgan fingerprint density at radius 3 is 3.05 bits per heavy atom. The lowest BCUT2D eigenvalue weighted by Crippen LogP contribution is -2.50. The molecule has 1 saturated heterocycles. The molecule has 1 N–H and O–H groups in total. The molecule has 2 aliphatic rings. The Hall–Kier alpha value is -1.40. The van der Waals surface area contributed by atoms with Crippen LogP contribution in [0.2, 0.25) is 0 Å². The summed E-state index contributed by atoms with van der Waals surface area (Å²) in [6, 6.07) is -0.0252. The summed E-state index contributed by atoms with van der Waals surface area (Å²) in [5.41, 5.74) is 0.381. The van der Waals surface area contributed by atoms with Crippen LogP contribution in [-0.2, 0) is 15.9 Å². The molecule has 0 spiro atoms. The van der Waals surface area contributed by atoms with Gasteiger partial charge in [-0.05, 0) is 25.2 Å². The number of nitrogens with zero attached hydrogens (tertiary/aromatic N) is 1. The van der Waals surface area contributed by atoms with Gasteiger partial charge in [-0.3, -0.25) is 4.79 Å². The molecule has 1 aromatic heterocycles. The van der Waals surface area contributed by atoms with E-state index in [1.54, 1.807) is 0 Å². The van der Waals surface area contributed by atoms with Crippen LogP contribution in [0.5, 0.6) is 0 Å².